The summed E-state index contributed by atoms with van der Waals surface area (Å²) in [4.78, 5) is 3.33. The summed E-state index contributed by atoms with van der Waals surface area (Å²) in [6.45, 7) is 6.65. The lowest BCUT2D eigenvalue weighted by atomic mass is 9.89. The number of benzene rings is 1. The molecule has 0 atom stereocenters. The monoisotopic (exact) mass is 229 g/mol. The van der Waals surface area contributed by atoms with Crippen molar-refractivity contribution in [3.8, 4) is 17.0 Å². The number of H-pyrrole nitrogens is 1. The average Bonchev–Trinajstić information content (AvgIpc) is 2.78. The minimum atomic E-state index is 0.182. The summed E-state index contributed by atoms with van der Waals surface area (Å²) in [6, 6.07) is 10.3. The van der Waals surface area contributed by atoms with Crippen LogP contribution in [0.4, 0.5) is 0 Å². The number of rotatable bonds is 2. The molecule has 0 bridgehead atoms. The van der Waals surface area contributed by atoms with Crippen LogP contribution >= 0.6 is 0 Å². The summed E-state index contributed by atoms with van der Waals surface area (Å²) >= 11 is 0. The van der Waals surface area contributed by atoms with Crippen molar-refractivity contribution >= 4 is 0 Å². The second-order valence-corrected chi connectivity index (χ2v) is 5.28. The maximum absolute atomic E-state index is 5.15. The van der Waals surface area contributed by atoms with E-state index in [1.54, 1.807) is 7.11 Å². The number of hydrogen-bond acceptors (Lipinski definition) is 1. The van der Waals surface area contributed by atoms with Gasteiger partial charge in [-0.1, -0.05) is 20.8 Å². The molecule has 1 heterocycles. The Morgan fingerprint density at radius 2 is 1.71 bits per heavy atom. The fourth-order valence-corrected chi connectivity index (χ4v) is 1.76. The Hall–Kier alpha value is -1.70. The predicted molar refractivity (Wildman–Crippen MR) is 71.5 cm³/mol. The van der Waals surface area contributed by atoms with Crippen LogP contribution in [0.1, 0.15) is 26.3 Å². The molecule has 0 unspecified atom stereocenters. The van der Waals surface area contributed by atoms with Gasteiger partial charge in [0.2, 0.25) is 0 Å². The third kappa shape index (κ3) is 2.52. The molecule has 0 spiro atoms. The van der Waals surface area contributed by atoms with Crippen molar-refractivity contribution in [2.45, 2.75) is 26.2 Å². The van der Waals surface area contributed by atoms with Crippen molar-refractivity contribution < 1.29 is 4.74 Å². The molecule has 1 aromatic heterocycles. The van der Waals surface area contributed by atoms with E-state index in [1.807, 2.05) is 12.1 Å². The van der Waals surface area contributed by atoms with Crippen LogP contribution in [-0.4, -0.2) is 12.1 Å². The second kappa shape index (κ2) is 4.28. The van der Waals surface area contributed by atoms with Crippen LogP contribution in [0.25, 0.3) is 11.3 Å². The van der Waals surface area contributed by atoms with E-state index in [-0.39, 0.29) is 5.41 Å². The van der Waals surface area contributed by atoms with Gasteiger partial charge in [0, 0.05) is 11.9 Å². The van der Waals surface area contributed by atoms with E-state index in [0.29, 0.717) is 0 Å². The number of ether oxygens (including phenoxy) is 1. The molecule has 0 radical (unpaired) electrons. The summed E-state index contributed by atoms with van der Waals surface area (Å²) in [7, 11) is 1.68. The lowest BCUT2D eigenvalue weighted by Crippen LogP contribution is -2.09. The van der Waals surface area contributed by atoms with Crippen LogP contribution in [0.2, 0.25) is 0 Å². The molecule has 2 rings (SSSR count). The summed E-state index contributed by atoms with van der Waals surface area (Å²) in [5, 5.41) is 0. The maximum atomic E-state index is 5.15. The first-order valence-electron chi connectivity index (χ1n) is 5.84. The average molecular weight is 229 g/mol. The van der Waals surface area contributed by atoms with Gasteiger partial charge in [-0.25, -0.2) is 0 Å². The maximum Gasteiger partial charge on any atom is 0.118 e. The van der Waals surface area contributed by atoms with Gasteiger partial charge >= 0.3 is 0 Å². The standard InChI is InChI=1S/C15H19NO/c1-15(2,3)12-9-14(16-10-12)11-5-7-13(17-4)8-6-11/h5-10,16H,1-4H3. The minimum absolute atomic E-state index is 0.182. The molecular weight excluding hydrogens is 210 g/mol. The summed E-state index contributed by atoms with van der Waals surface area (Å²) < 4.78 is 5.15. The smallest absolute Gasteiger partial charge is 0.118 e. The Labute approximate surface area is 103 Å². The Balaban J connectivity index is 2.30. The van der Waals surface area contributed by atoms with Gasteiger partial charge in [-0.15, -0.1) is 0 Å². The summed E-state index contributed by atoms with van der Waals surface area (Å²) in [5.41, 5.74) is 3.84. The van der Waals surface area contributed by atoms with Crippen molar-refractivity contribution in [1.29, 1.82) is 0 Å². The van der Waals surface area contributed by atoms with Crippen LogP contribution in [-0.2, 0) is 5.41 Å². The third-order valence-corrected chi connectivity index (χ3v) is 2.95. The molecule has 0 aliphatic rings. The largest absolute Gasteiger partial charge is 0.497 e. The molecule has 0 aliphatic heterocycles. The first kappa shape index (κ1) is 11.8. The van der Waals surface area contributed by atoms with E-state index in [4.69, 9.17) is 4.74 Å². The van der Waals surface area contributed by atoms with Crippen LogP contribution in [0.5, 0.6) is 5.75 Å². The topological polar surface area (TPSA) is 25.0 Å². The number of hydrogen-bond donors (Lipinski definition) is 1. The highest BCUT2D eigenvalue weighted by molar-refractivity contribution is 5.61. The molecular formula is C15H19NO. The first-order valence-corrected chi connectivity index (χ1v) is 5.84. The summed E-state index contributed by atoms with van der Waals surface area (Å²) in [5.74, 6) is 0.886. The fraction of sp³-hybridized carbons (Fsp3) is 0.333. The molecule has 90 valence electrons. The molecule has 0 saturated heterocycles. The van der Waals surface area contributed by atoms with Crippen molar-refractivity contribution in [2.75, 3.05) is 7.11 Å². The summed E-state index contributed by atoms with van der Waals surface area (Å²) in [6.07, 6.45) is 2.08. The van der Waals surface area contributed by atoms with Gasteiger partial charge in [0.05, 0.1) is 7.11 Å². The molecule has 0 amide bonds. The third-order valence-electron chi connectivity index (χ3n) is 2.95. The predicted octanol–water partition coefficient (Wildman–Crippen LogP) is 3.99. The van der Waals surface area contributed by atoms with Gasteiger partial charge in [-0.2, -0.15) is 0 Å². The van der Waals surface area contributed by atoms with E-state index < -0.39 is 0 Å². The van der Waals surface area contributed by atoms with Crippen LogP contribution < -0.4 is 4.74 Å². The lowest BCUT2D eigenvalue weighted by Gasteiger charge is -2.15. The molecule has 1 aromatic carbocycles. The fourth-order valence-electron chi connectivity index (χ4n) is 1.76. The Morgan fingerprint density at radius 3 is 2.18 bits per heavy atom. The van der Waals surface area contributed by atoms with E-state index in [1.165, 1.54) is 11.1 Å². The zero-order valence-corrected chi connectivity index (χ0v) is 10.9. The molecule has 2 nitrogen and oxygen atoms in total. The zero-order chi connectivity index (χ0) is 12.5. The van der Waals surface area contributed by atoms with Gasteiger partial charge in [0.1, 0.15) is 5.75 Å². The zero-order valence-electron chi connectivity index (χ0n) is 10.9. The Bertz CT molecular complexity index is 488. The quantitative estimate of drug-likeness (QED) is 0.827. The lowest BCUT2D eigenvalue weighted by molar-refractivity contribution is 0.415. The van der Waals surface area contributed by atoms with E-state index in [2.05, 4.69) is 50.2 Å². The van der Waals surface area contributed by atoms with Crippen LogP contribution in [0.15, 0.2) is 36.5 Å². The van der Waals surface area contributed by atoms with Crippen molar-refractivity contribution in [3.05, 3.63) is 42.1 Å². The Kier molecular flexibility index (Phi) is 2.97. The molecule has 1 N–H and O–H groups in total. The normalized spacial score (nSPS) is 11.5. The molecule has 2 heteroatoms. The highest BCUT2D eigenvalue weighted by atomic mass is 16.5. The van der Waals surface area contributed by atoms with Crippen LogP contribution in [0, 0.1) is 0 Å². The molecule has 0 aliphatic carbocycles. The highest BCUT2D eigenvalue weighted by Gasteiger charge is 2.15. The molecule has 2 aromatic rings. The highest BCUT2D eigenvalue weighted by Crippen LogP contribution is 2.28. The SMILES string of the molecule is COc1ccc(-c2cc(C(C)(C)C)c[nH]2)cc1. The van der Waals surface area contributed by atoms with Crippen LogP contribution in [0.3, 0.4) is 0 Å². The van der Waals surface area contributed by atoms with E-state index in [9.17, 15) is 0 Å². The second-order valence-electron chi connectivity index (χ2n) is 5.28. The number of aromatic amines is 1. The van der Waals surface area contributed by atoms with Crippen molar-refractivity contribution in [3.63, 3.8) is 0 Å². The number of methoxy groups -OCH3 is 1. The number of nitrogens with one attached hydrogen (secondary N) is 1. The van der Waals surface area contributed by atoms with Gasteiger partial charge < -0.3 is 9.72 Å². The molecule has 0 saturated carbocycles. The van der Waals surface area contributed by atoms with Crippen molar-refractivity contribution in [1.82, 2.24) is 4.98 Å². The Morgan fingerprint density at radius 1 is 1.06 bits per heavy atom. The van der Waals surface area contributed by atoms with E-state index in [0.717, 1.165) is 11.4 Å². The molecule has 17 heavy (non-hydrogen) atoms. The van der Waals surface area contributed by atoms with Gasteiger partial charge in [-0.3, -0.25) is 0 Å². The van der Waals surface area contributed by atoms with Gasteiger partial charge in [0.15, 0.2) is 0 Å². The van der Waals surface area contributed by atoms with Gasteiger partial charge in [-0.05, 0) is 46.9 Å². The minimum Gasteiger partial charge on any atom is -0.497 e. The van der Waals surface area contributed by atoms with E-state index >= 15 is 0 Å². The van der Waals surface area contributed by atoms with Crippen molar-refractivity contribution in [2.24, 2.45) is 0 Å². The number of aromatic nitrogens is 1. The first-order chi connectivity index (χ1) is 8.00. The molecule has 0 fully saturated rings. The van der Waals surface area contributed by atoms with Gasteiger partial charge in [0.25, 0.3) is 0 Å².